The Bertz CT molecular complexity index is 609. The molecule has 3 nitrogen and oxygen atoms in total. The maximum Gasteiger partial charge on any atom is 0.227 e. The Labute approximate surface area is 130 Å². The highest BCUT2D eigenvalue weighted by molar-refractivity contribution is 9.10. The number of amides is 1. The molecule has 0 unspecified atom stereocenters. The molecule has 1 aliphatic heterocycles. The number of anilines is 2. The van der Waals surface area contributed by atoms with Crippen molar-refractivity contribution in [3.05, 3.63) is 45.1 Å². The Morgan fingerprint density at radius 2 is 2.10 bits per heavy atom. The van der Waals surface area contributed by atoms with Crippen LogP contribution in [0, 0.1) is 0 Å². The van der Waals surface area contributed by atoms with Crippen LogP contribution < -0.4 is 10.2 Å². The second kappa shape index (κ2) is 5.97. The van der Waals surface area contributed by atoms with Crippen LogP contribution in [-0.4, -0.2) is 12.5 Å². The Balaban J connectivity index is 1.62. The summed E-state index contributed by atoms with van der Waals surface area (Å²) >= 11 is 5.19. The number of thiophene rings is 1. The zero-order valence-electron chi connectivity index (χ0n) is 10.9. The van der Waals surface area contributed by atoms with E-state index in [-0.39, 0.29) is 5.91 Å². The van der Waals surface area contributed by atoms with Gasteiger partial charge in [-0.1, -0.05) is 0 Å². The van der Waals surface area contributed by atoms with Crippen molar-refractivity contribution >= 4 is 44.5 Å². The molecule has 0 bridgehead atoms. The first-order chi connectivity index (χ1) is 9.72. The predicted molar refractivity (Wildman–Crippen MR) is 87.4 cm³/mol. The average Bonchev–Trinajstić information content (AvgIpc) is 3.06. The van der Waals surface area contributed by atoms with Gasteiger partial charge in [-0.2, -0.15) is 0 Å². The fourth-order valence-electron chi connectivity index (χ4n) is 2.32. The average molecular weight is 351 g/mol. The number of carbonyl (C=O) groups is 1. The summed E-state index contributed by atoms with van der Waals surface area (Å²) in [5.41, 5.74) is 2.07. The molecule has 2 heterocycles. The van der Waals surface area contributed by atoms with Crippen LogP contribution in [0.5, 0.6) is 0 Å². The highest BCUT2D eigenvalue weighted by Gasteiger charge is 2.21. The van der Waals surface area contributed by atoms with Gasteiger partial charge in [0.1, 0.15) is 0 Å². The standard InChI is InChI=1S/C15H15BrN2OS/c16-11-8-14(20-10-11)9-17-12-3-5-13(6-4-12)18-7-1-2-15(18)19/h3-6,8,10,17H,1-2,7,9H2. The SMILES string of the molecule is O=C1CCCN1c1ccc(NCc2cc(Br)cs2)cc1. The summed E-state index contributed by atoms with van der Waals surface area (Å²) in [7, 11) is 0. The summed E-state index contributed by atoms with van der Waals surface area (Å²) in [4.78, 5) is 14.8. The van der Waals surface area contributed by atoms with E-state index in [0.29, 0.717) is 6.42 Å². The number of nitrogens with zero attached hydrogens (tertiary/aromatic N) is 1. The summed E-state index contributed by atoms with van der Waals surface area (Å²) in [5.74, 6) is 0.231. The lowest BCUT2D eigenvalue weighted by Crippen LogP contribution is -2.23. The third-order valence-electron chi connectivity index (χ3n) is 3.34. The van der Waals surface area contributed by atoms with Crippen LogP contribution in [0.1, 0.15) is 17.7 Å². The van der Waals surface area contributed by atoms with Crippen molar-refractivity contribution in [3.8, 4) is 0 Å². The van der Waals surface area contributed by atoms with Gasteiger partial charge in [-0.05, 0) is 52.7 Å². The topological polar surface area (TPSA) is 32.3 Å². The van der Waals surface area contributed by atoms with E-state index in [0.717, 1.165) is 35.4 Å². The fraction of sp³-hybridized carbons (Fsp3) is 0.267. The quantitative estimate of drug-likeness (QED) is 0.893. The first-order valence-electron chi connectivity index (χ1n) is 6.59. The first-order valence-corrected chi connectivity index (χ1v) is 8.27. The Kier molecular flexibility index (Phi) is 4.08. The van der Waals surface area contributed by atoms with Crippen molar-refractivity contribution in [1.29, 1.82) is 0 Å². The first kappa shape index (κ1) is 13.6. The van der Waals surface area contributed by atoms with Crippen molar-refractivity contribution in [2.45, 2.75) is 19.4 Å². The lowest BCUT2D eigenvalue weighted by molar-refractivity contribution is -0.117. The minimum absolute atomic E-state index is 0.231. The molecule has 1 amide bonds. The van der Waals surface area contributed by atoms with E-state index in [9.17, 15) is 4.79 Å². The molecular weight excluding hydrogens is 336 g/mol. The van der Waals surface area contributed by atoms with Crippen LogP contribution in [0.15, 0.2) is 40.2 Å². The van der Waals surface area contributed by atoms with Crippen LogP contribution >= 0.6 is 27.3 Å². The van der Waals surface area contributed by atoms with Gasteiger partial charge >= 0.3 is 0 Å². The molecule has 0 radical (unpaired) electrons. The number of nitrogens with one attached hydrogen (secondary N) is 1. The highest BCUT2D eigenvalue weighted by atomic mass is 79.9. The number of hydrogen-bond donors (Lipinski definition) is 1. The smallest absolute Gasteiger partial charge is 0.227 e. The number of halogens is 1. The Morgan fingerprint density at radius 1 is 1.30 bits per heavy atom. The lowest BCUT2D eigenvalue weighted by atomic mass is 10.2. The van der Waals surface area contributed by atoms with Crippen molar-refractivity contribution in [2.75, 3.05) is 16.8 Å². The van der Waals surface area contributed by atoms with E-state index in [2.05, 4.69) is 32.7 Å². The van der Waals surface area contributed by atoms with E-state index in [4.69, 9.17) is 0 Å². The summed E-state index contributed by atoms with van der Waals surface area (Å²) in [6, 6.07) is 10.2. The van der Waals surface area contributed by atoms with Gasteiger partial charge < -0.3 is 10.2 Å². The van der Waals surface area contributed by atoms with Gasteiger partial charge in [-0.3, -0.25) is 4.79 Å². The third-order valence-corrected chi connectivity index (χ3v) is 5.04. The molecule has 104 valence electrons. The second-order valence-corrected chi connectivity index (χ2v) is 6.69. The largest absolute Gasteiger partial charge is 0.380 e. The minimum atomic E-state index is 0.231. The van der Waals surface area contributed by atoms with Crippen LogP contribution in [-0.2, 0) is 11.3 Å². The summed E-state index contributed by atoms with van der Waals surface area (Å²) in [6.07, 6.45) is 1.64. The van der Waals surface area contributed by atoms with Gasteiger partial charge in [-0.25, -0.2) is 0 Å². The van der Waals surface area contributed by atoms with E-state index in [1.54, 1.807) is 11.3 Å². The summed E-state index contributed by atoms with van der Waals surface area (Å²) in [6.45, 7) is 1.66. The molecular formula is C15H15BrN2OS. The van der Waals surface area contributed by atoms with Gasteiger partial charge in [-0.15, -0.1) is 11.3 Å². The molecule has 1 saturated heterocycles. The maximum absolute atomic E-state index is 11.7. The highest BCUT2D eigenvalue weighted by Crippen LogP contribution is 2.24. The van der Waals surface area contributed by atoms with Gasteiger partial charge in [0, 0.05) is 45.6 Å². The van der Waals surface area contributed by atoms with Crippen molar-refractivity contribution in [1.82, 2.24) is 0 Å². The van der Waals surface area contributed by atoms with Crippen LogP contribution in [0.25, 0.3) is 0 Å². The molecule has 20 heavy (non-hydrogen) atoms. The fourth-order valence-corrected chi connectivity index (χ4v) is 3.71. The van der Waals surface area contributed by atoms with Crippen molar-refractivity contribution in [2.24, 2.45) is 0 Å². The predicted octanol–water partition coefficient (Wildman–Crippen LogP) is 4.25. The number of benzene rings is 1. The number of carbonyl (C=O) groups excluding carboxylic acids is 1. The third kappa shape index (κ3) is 3.04. The molecule has 1 aromatic heterocycles. The molecule has 0 spiro atoms. The molecule has 1 aliphatic rings. The minimum Gasteiger partial charge on any atom is -0.380 e. The van der Waals surface area contributed by atoms with Gasteiger partial charge in [0.15, 0.2) is 0 Å². The lowest BCUT2D eigenvalue weighted by Gasteiger charge is -2.16. The number of hydrogen-bond acceptors (Lipinski definition) is 3. The van der Waals surface area contributed by atoms with E-state index in [1.165, 1.54) is 4.88 Å². The van der Waals surface area contributed by atoms with Crippen molar-refractivity contribution in [3.63, 3.8) is 0 Å². The molecule has 3 rings (SSSR count). The van der Waals surface area contributed by atoms with E-state index in [1.807, 2.05) is 29.2 Å². The zero-order chi connectivity index (χ0) is 13.9. The molecule has 1 aromatic carbocycles. The Hall–Kier alpha value is -1.33. The van der Waals surface area contributed by atoms with E-state index < -0.39 is 0 Å². The normalized spacial score (nSPS) is 14.8. The summed E-state index contributed by atoms with van der Waals surface area (Å²) in [5, 5.41) is 5.47. The second-order valence-electron chi connectivity index (χ2n) is 4.78. The van der Waals surface area contributed by atoms with Gasteiger partial charge in [0.25, 0.3) is 0 Å². The molecule has 0 atom stereocenters. The van der Waals surface area contributed by atoms with Crippen LogP contribution in [0.2, 0.25) is 0 Å². The summed E-state index contributed by atoms with van der Waals surface area (Å²) < 4.78 is 1.13. The van der Waals surface area contributed by atoms with Crippen molar-refractivity contribution < 1.29 is 4.79 Å². The maximum atomic E-state index is 11.7. The Morgan fingerprint density at radius 3 is 2.70 bits per heavy atom. The van der Waals surface area contributed by atoms with Crippen LogP contribution in [0.4, 0.5) is 11.4 Å². The van der Waals surface area contributed by atoms with E-state index >= 15 is 0 Å². The molecule has 2 aromatic rings. The van der Waals surface area contributed by atoms with Gasteiger partial charge in [0.2, 0.25) is 5.91 Å². The zero-order valence-corrected chi connectivity index (χ0v) is 13.3. The van der Waals surface area contributed by atoms with Crippen LogP contribution in [0.3, 0.4) is 0 Å². The molecule has 0 aliphatic carbocycles. The molecule has 1 N–H and O–H groups in total. The molecule has 1 fully saturated rings. The number of rotatable bonds is 4. The van der Waals surface area contributed by atoms with Gasteiger partial charge in [0.05, 0.1) is 0 Å². The molecule has 5 heteroatoms. The molecule has 0 saturated carbocycles. The monoisotopic (exact) mass is 350 g/mol.